The van der Waals surface area contributed by atoms with E-state index in [1.54, 1.807) is 0 Å². The molecule has 0 atom stereocenters. The Morgan fingerprint density at radius 3 is 1.43 bits per heavy atom. The van der Waals surface area contributed by atoms with E-state index in [0.717, 1.165) is 13.2 Å². The van der Waals surface area contributed by atoms with Crippen molar-refractivity contribution < 1.29 is 14.9 Å². The Balaban J connectivity index is 0.000000105. The normalized spacial score (nSPS) is 12.0. The van der Waals surface area contributed by atoms with Crippen molar-refractivity contribution in [2.75, 3.05) is 13.2 Å². The van der Waals surface area contributed by atoms with Crippen LogP contribution in [0.1, 0.15) is 0 Å². The van der Waals surface area contributed by atoms with E-state index < -0.39 is 0 Å². The minimum Gasteiger partial charge on any atom is -0.460 e. The summed E-state index contributed by atoms with van der Waals surface area (Å²) in [4.78, 5) is 0. The summed E-state index contributed by atoms with van der Waals surface area (Å²) in [6.07, 6.45) is 2.47. The Kier molecular flexibility index (Phi) is 4.48. The summed E-state index contributed by atoms with van der Waals surface area (Å²) >= 11 is 0. The van der Waals surface area contributed by atoms with E-state index in [4.69, 9.17) is 10.2 Å². The molecule has 0 unspecified atom stereocenters. The lowest BCUT2D eigenvalue weighted by molar-refractivity contribution is 0.471. The van der Waals surface area contributed by atoms with E-state index in [9.17, 15) is 0 Å². The highest BCUT2D eigenvalue weighted by Gasteiger charge is 1.94. The third-order valence-electron chi connectivity index (χ3n) is 0.254. The molecule has 0 bridgehead atoms. The van der Waals surface area contributed by atoms with Gasteiger partial charge < -0.3 is 14.9 Å². The first-order chi connectivity index (χ1) is 3.41. The van der Waals surface area contributed by atoms with Gasteiger partial charge in [0.15, 0.2) is 12.2 Å². The lowest BCUT2D eigenvalue weighted by atomic mass is 11.0. The maximum Gasteiger partial charge on any atom is 0.152 e. The first-order valence-corrected chi connectivity index (χ1v) is 1.77. The molecule has 0 saturated carbocycles. The van der Waals surface area contributed by atoms with Crippen molar-refractivity contribution in [3.63, 3.8) is 0 Å². The highest BCUT2D eigenvalue weighted by molar-refractivity contribution is 4.72. The molecule has 1 rings (SSSR count). The first-order valence-electron chi connectivity index (χ1n) is 1.77. The fourth-order valence-corrected chi connectivity index (χ4v) is 0. The molecule has 1 aliphatic heterocycles. The molecule has 0 radical (unpaired) electrons. The standard InChI is InChI=1S/C2H2O2.C2H4O/c3-1-2-4;1-2-3-1/h3-4H;1-2H2. The number of ether oxygens (including phenoxy) is 1. The van der Waals surface area contributed by atoms with Gasteiger partial charge in [-0.1, -0.05) is 0 Å². The first kappa shape index (κ1) is 6.12. The summed E-state index contributed by atoms with van der Waals surface area (Å²) < 4.78 is 4.50. The molecule has 1 saturated heterocycles. The fourth-order valence-electron chi connectivity index (χ4n) is 0. The van der Waals surface area contributed by atoms with Crippen LogP contribution in [-0.2, 0) is 4.74 Å². The third-order valence-corrected chi connectivity index (χ3v) is 0.254. The summed E-state index contributed by atoms with van der Waals surface area (Å²) in [6, 6.07) is 0. The van der Waals surface area contributed by atoms with Crippen LogP contribution in [0.4, 0.5) is 0 Å². The fraction of sp³-hybridized carbons (Fsp3) is 0.500. The molecule has 0 aromatic rings. The maximum atomic E-state index is 7.26. The van der Waals surface area contributed by atoms with Crippen LogP contribution in [0.25, 0.3) is 0 Å². The van der Waals surface area contributed by atoms with Gasteiger partial charge in [-0.3, -0.25) is 0 Å². The second-order valence-electron chi connectivity index (χ2n) is 0.836. The second-order valence-corrected chi connectivity index (χ2v) is 0.836. The van der Waals surface area contributed by atoms with E-state index in [2.05, 4.69) is 4.74 Å². The number of hydrogen-bond acceptors (Lipinski definition) is 3. The number of aliphatic hydroxyl groups excluding tert-OH is 2. The minimum absolute atomic E-state index is 1.00. The van der Waals surface area contributed by atoms with Crippen molar-refractivity contribution in [1.82, 2.24) is 0 Å². The zero-order valence-corrected chi connectivity index (χ0v) is 3.72. The molecule has 1 heterocycles. The third kappa shape index (κ3) is 39.7. The molecule has 40 valence electrons. The summed E-state index contributed by atoms with van der Waals surface area (Å²) in [6.45, 7) is 2.00. The van der Waals surface area contributed by atoms with E-state index in [0.29, 0.717) is 0 Å². The van der Waals surface area contributed by atoms with Crippen molar-refractivity contribution in [1.29, 1.82) is 0 Å². The molecular formula is C4H6O3. The van der Waals surface area contributed by atoms with Crippen molar-refractivity contribution in [2.24, 2.45) is 0 Å². The van der Waals surface area contributed by atoms with Crippen molar-refractivity contribution in [3.05, 3.63) is 0 Å². The Hall–Kier alpha value is -0.880. The van der Waals surface area contributed by atoms with Crippen LogP contribution in [0.15, 0.2) is 0 Å². The van der Waals surface area contributed by atoms with Crippen LogP contribution in [0.5, 0.6) is 0 Å². The predicted octanol–water partition coefficient (Wildman–Crippen LogP) is -0.334. The number of epoxide rings is 1. The van der Waals surface area contributed by atoms with Crippen LogP contribution in [0.3, 0.4) is 0 Å². The lowest BCUT2D eigenvalue weighted by Crippen LogP contribution is -1.44. The van der Waals surface area contributed by atoms with Gasteiger partial charge in [0.05, 0.1) is 13.2 Å². The molecule has 1 aliphatic rings. The van der Waals surface area contributed by atoms with Gasteiger partial charge in [0.2, 0.25) is 0 Å². The number of rotatable bonds is 0. The molecule has 0 aromatic heterocycles. The Bertz CT molecular complexity index is 67.9. The van der Waals surface area contributed by atoms with Gasteiger partial charge in [0.1, 0.15) is 0 Å². The van der Waals surface area contributed by atoms with Gasteiger partial charge in [-0.15, -0.1) is 0 Å². The number of aliphatic hydroxyl groups is 2. The van der Waals surface area contributed by atoms with Gasteiger partial charge in [-0.25, -0.2) is 0 Å². The molecule has 0 aliphatic carbocycles. The Morgan fingerprint density at radius 2 is 1.43 bits per heavy atom. The SMILES string of the molecule is C1CO1.OC#CO. The van der Waals surface area contributed by atoms with E-state index in [-0.39, 0.29) is 0 Å². The average molecular weight is 102 g/mol. The van der Waals surface area contributed by atoms with Crippen LogP contribution in [0.2, 0.25) is 0 Å². The average Bonchev–Trinajstić information content (AvgIpc) is 2.47. The summed E-state index contributed by atoms with van der Waals surface area (Å²) in [5.74, 6) is 0. The smallest absolute Gasteiger partial charge is 0.152 e. The van der Waals surface area contributed by atoms with Crippen molar-refractivity contribution in [3.8, 4) is 12.2 Å². The van der Waals surface area contributed by atoms with Gasteiger partial charge in [0, 0.05) is 0 Å². The zero-order valence-electron chi connectivity index (χ0n) is 3.72. The maximum absolute atomic E-state index is 7.26. The Morgan fingerprint density at radius 1 is 1.14 bits per heavy atom. The molecule has 0 aromatic carbocycles. The van der Waals surface area contributed by atoms with Crippen LogP contribution >= 0.6 is 0 Å². The molecule has 0 spiro atoms. The highest BCUT2D eigenvalue weighted by Crippen LogP contribution is 1.84. The van der Waals surface area contributed by atoms with Crippen molar-refractivity contribution in [2.45, 2.75) is 0 Å². The van der Waals surface area contributed by atoms with Crippen LogP contribution < -0.4 is 0 Å². The largest absolute Gasteiger partial charge is 0.460 e. The lowest BCUT2D eigenvalue weighted by Gasteiger charge is -1.44. The summed E-state index contributed by atoms with van der Waals surface area (Å²) in [5.41, 5.74) is 0. The van der Waals surface area contributed by atoms with Gasteiger partial charge in [0.25, 0.3) is 0 Å². The Labute approximate surface area is 41.5 Å². The molecule has 2 N–H and O–H groups in total. The molecule has 1 fully saturated rings. The van der Waals surface area contributed by atoms with Gasteiger partial charge in [-0.05, 0) is 0 Å². The quantitative estimate of drug-likeness (QED) is 0.325. The second kappa shape index (κ2) is 5.12. The molecule has 3 nitrogen and oxygen atoms in total. The summed E-state index contributed by atoms with van der Waals surface area (Å²) in [7, 11) is 0. The minimum atomic E-state index is 1.00. The number of hydrogen-bond donors (Lipinski definition) is 2. The van der Waals surface area contributed by atoms with E-state index in [1.165, 1.54) is 12.2 Å². The topological polar surface area (TPSA) is 53.0 Å². The summed E-state index contributed by atoms with van der Waals surface area (Å²) in [5, 5.41) is 14.5. The van der Waals surface area contributed by atoms with Crippen molar-refractivity contribution >= 4 is 0 Å². The highest BCUT2D eigenvalue weighted by atomic mass is 16.6. The monoisotopic (exact) mass is 102 g/mol. The van der Waals surface area contributed by atoms with E-state index >= 15 is 0 Å². The van der Waals surface area contributed by atoms with Crippen LogP contribution in [-0.4, -0.2) is 23.4 Å². The van der Waals surface area contributed by atoms with Gasteiger partial charge in [-0.2, -0.15) is 0 Å². The molecule has 7 heavy (non-hydrogen) atoms. The predicted molar refractivity (Wildman–Crippen MR) is 22.5 cm³/mol. The zero-order chi connectivity index (χ0) is 5.54. The van der Waals surface area contributed by atoms with Crippen LogP contribution in [0, 0.1) is 12.2 Å². The molecule has 3 heteroatoms. The van der Waals surface area contributed by atoms with Gasteiger partial charge >= 0.3 is 0 Å². The molecular weight excluding hydrogens is 96.0 g/mol. The molecule has 0 amide bonds. The van der Waals surface area contributed by atoms with E-state index in [1.807, 2.05) is 0 Å².